The van der Waals surface area contributed by atoms with Gasteiger partial charge in [0.1, 0.15) is 11.2 Å². The minimum absolute atomic E-state index is 0. The maximum atomic E-state index is 12.1. The third kappa shape index (κ3) is 21.2. The van der Waals surface area contributed by atoms with Crippen LogP contribution in [0.2, 0.25) is 0 Å². The number of carboxylic acids is 1. The van der Waals surface area contributed by atoms with Crippen molar-refractivity contribution in [1.29, 1.82) is 0 Å². The Morgan fingerprint density at radius 2 is 0.810 bits per heavy atom. The number of amides is 4. The summed E-state index contributed by atoms with van der Waals surface area (Å²) in [5.74, 6) is 1.17. The van der Waals surface area contributed by atoms with Crippen molar-refractivity contribution in [2.45, 2.75) is 156 Å². The minimum Gasteiger partial charge on any atom is -0.481 e. The minimum atomic E-state index is -0.763. The highest BCUT2D eigenvalue weighted by Gasteiger charge is 2.30. The Morgan fingerprint density at radius 1 is 0.483 bits per heavy atom. The van der Waals surface area contributed by atoms with Gasteiger partial charge in [-0.1, -0.05) is 7.43 Å². The summed E-state index contributed by atoms with van der Waals surface area (Å²) in [6, 6.07) is 0. The van der Waals surface area contributed by atoms with Gasteiger partial charge in [0.25, 0.3) is 0 Å². The standard InChI is InChI=1S/C16H28N2O3.C12H21NO4.C11H20N2O.C4H9N.CH4/c1-16(2,3)21-15(20)18-10-6-13(7-11-18)12-14(19)17-8-4-5-9-17;1-12(2,3)17-11(16)13-6-4-9(5-7-13)8-10(14)15;14-11(13-7-1-2-8-13)9-10-3-5-12-6-4-10;1-2-4-5-3-1;/h13H,4-12H2,1-3H3;9H,4-8H2,1-3H3,(H,14,15);10,12H,1-9H2;5H,1-4H2;1H4. The fraction of sp³-hybridized carbons (Fsp3) is 0.886. The second kappa shape index (κ2) is 26.2. The SMILES string of the molecule is C.C1CCNC1.CC(C)(C)OC(=O)N1CCC(CC(=O)N2CCCC2)CC1.CC(C)(C)OC(=O)N1CCC(CC(=O)O)CC1.O=C(CC1CCNCC1)N1CCCC1. The first-order valence-electron chi connectivity index (χ1n) is 22.1. The van der Waals surface area contributed by atoms with Gasteiger partial charge in [-0.05, 0) is 163 Å². The molecule has 6 saturated heterocycles. The smallest absolute Gasteiger partial charge is 0.410 e. The van der Waals surface area contributed by atoms with Gasteiger partial charge in [0.15, 0.2) is 0 Å². The topological polar surface area (TPSA) is 161 Å². The molecule has 4 amide bonds. The summed E-state index contributed by atoms with van der Waals surface area (Å²) in [5, 5.41) is 15.2. The maximum absolute atomic E-state index is 12.1. The Kier molecular flexibility index (Phi) is 23.0. The number of hydrogen-bond acceptors (Lipinski definition) is 9. The predicted octanol–water partition coefficient (Wildman–Crippen LogP) is 6.76. The molecule has 6 aliphatic heterocycles. The number of aliphatic carboxylic acids is 1. The van der Waals surface area contributed by atoms with Crippen LogP contribution >= 0.6 is 0 Å². The summed E-state index contributed by atoms with van der Waals surface area (Å²) < 4.78 is 10.7. The number of nitrogens with zero attached hydrogens (tertiary/aromatic N) is 4. The van der Waals surface area contributed by atoms with Crippen molar-refractivity contribution in [1.82, 2.24) is 30.2 Å². The third-order valence-electron chi connectivity index (χ3n) is 11.3. The summed E-state index contributed by atoms with van der Waals surface area (Å²) in [6.45, 7) is 22.3. The van der Waals surface area contributed by atoms with E-state index >= 15 is 0 Å². The summed E-state index contributed by atoms with van der Waals surface area (Å²) in [5.41, 5.74) is -0.922. The molecule has 0 saturated carbocycles. The number of likely N-dealkylation sites (tertiary alicyclic amines) is 4. The van der Waals surface area contributed by atoms with Gasteiger partial charge < -0.3 is 44.8 Å². The third-order valence-corrected chi connectivity index (χ3v) is 11.3. The molecular formula is C44H82N6O8. The van der Waals surface area contributed by atoms with Gasteiger partial charge >= 0.3 is 18.2 Å². The first kappa shape index (κ1) is 51.0. The summed E-state index contributed by atoms with van der Waals surface area (Å²) in [7, 11) is 0. The zero-order valence-electron chi connectivity index (χ0n) is 36.4. The number of ether oxygens (including phenoxy) is 2. The molecule has 6 rings (SSSR count). The van der Waals surface area contributed by atoms with Crippen LogP contribution < -0.4 is 10.6 Å². The predicted molar refractivity (Wildman–Crippen MR) is 229 cm³/mol. The van der Waals surface area contributed by atoms with Gasteiger partial charge in [-0.15, -0.1) is 0 Å². The average molecular weight is 823 g/mol. The van der Waals surface area contributed by atoms with Crippen molar-refractivity contribution >= 4 is 30.0 Å². The van der Waals surface area contributed by atoms with E-state index in [-0.39, 0.29) is 32.0 Å². The van der Waals surface area contributed by atoms with Crippen LogP contribution in [0, 0.1) is 17.8 Å². The Balaban J connectivity index is 0.000000284. The van der Waals surface area contributed by atoms with E-state index in [1.165, 1.54) is 51.6 Å². The lowest BCUT2D eigenvalue weighted by molar-refractivity contribution is -0.138. The van der Waals surface area contributed by atoms with Crippen molar-refractivity contribution in [3.63, 3.8) is 0 Å². The normalized spacial score (nSPS) is 20.7. The van der Waals surface area contributed by atoms with E-state index in [0.717, 1.165) is 84.2 Å². The molecule has 6 fully saturated rings. The summed E-state index contributed by atoms with van der Waals surface area (Å²) >= 11 is 0. The van der Waals surface area contributed by atoms with Gasteiger partial charge in [0.05, 0.1) is 0 Å². The second-order valence-electron chi connectivity index (χ2n) is 18.7. The first-order valence-corrected chi connectivity index (χ1v) is 22.1. The van der Waals surface area contributed by atoms with Crippen LogP contribution in [-0.2, 0) is 23.9 Å². The van der Waals surface area contributed by atoms with Crippen LogP contribution in [0.5, 0.6) is 0 Å². The molecule has 3 N–H and O–H groups in total. The van der Waals surface area contributed by atoms with Crippen molar-refractivity contribution in [3.8, 4) is 0 Å². The number of carbonyl (C=O) groups is 5. The van der Waals surface area contributed by atoms with E-state index in [2.05, 4.69) is 10.6 Å². The van der Waals surface area contributed by atoms with E-state index < -0.39 is 17.2 Å². The quantitative estimate of drug-likeness (QED) is 0.261. The molecule has 0 aliphatic carbocycles. The number of carboxylic acid groups (broad SMARTS) is 1. The number of carbonyl (C=O) groups excluding carboxylic acids is 4. The van der Waals surface area contributed by atoms with Gasteiger partial charge in [0.2, 0.25) is 11.8 Å². The van der Waals surface area contributed by atoms with E-state index in [4.69, 9.17) is 14.6 Å². The molecule has 14 heteroatoms. The van der Waals surface area contributed by atoms with E-state index in [1.807, 2.05) is 51.3 Å². The first-order chi connectivity index (χ1) is 27.0. The van der Waals surface area contributed by atoms with Crippen molar-refractivity contribution < 1.29 is 38.6 Å². The molecule has 0 bridgehead atoms. The van der Waals surface area contributed by atoms with Crippen LogP contribution in [0.3, 0.4) is 0 Å². The van der Waals surface area contributed by atoms with Crippen LogP contribution in [0.4, 0.5) is 9.59 Å². The molecule has 6 heterocycles. The lowest BCUT2D eigenvalue weighted by atomic mass is 9.93. The average Bonchev–Trinajstić information content (AvgIpc) is 3.98. The molecule has 0 aromatic carbocycles. The highest BCUT2D eigenvalue weighted by Crippen LogP contribution is 2.25. The number of rotatable bonds is 6. The summed E-state index contributed by atoms with van der Waals surface area (Å²) in [6.07, 6.45) is 14.2. The van der Waals surface area contributed by atoms with Crippen molar-refractivity contribution in [2.24, 2.45) is 17.8 Å². The van der Waals surface area contributed by atoms with Crippen LogP contribution in [0.15, 0.2) is 0 Å². The molecular weight excluding hydrogens is 741 g/mol. The Hall–Kier alpha value is -3.13. The van der Waals surface area contributed by atoms with Gasteiger partial charge in [-0.3, -0.25) is 14.4 Å². The van der Waals surface area contributed by atoms with E-state index in [9.17, 15) is 24.0 Å². The number of piperidine rings is 3. The van der Waals surface area contributed by atoms with Gasteiger partial charge in [-0.25, -0.2) is 9.59 Å². The summed E-state index contributed by atoms with van der Waals surface area (Å²) in [4.78, 5) is 65.7. The maximum Gasteiger partial charge on any atom is 0.410 e. The molecule has 0 aromatic rings. The lowest BCUT2D eigenvalue weighted by Gasteiger charge is -2.33. The Morgan fingerprint density at radius 3 is 1.12 bits per heavy atom. The van der Waals surface area contributed by atoms with E-state index in [0.29, 0.717) is 56.3 Å². The van der Waals surface area contributed by atoms with Crippen LogP contribution in [0.1, 0.15) is 145 Å². The fourth-order valence-corrected chi connectivity index (χ4v) is 7.94. The molecule has 0 radical (unpaired) electrons. The zero-order chi connectivity index (χ0) is 41.8. The molecule has 336 valence electrons. The van der Waals surface area contributed by atoms with Gasteiger partial charge in [-0.2, -0.15) is 0 Å². The van der Waals surface area contributed by atoms with E-state index in [1.54, 1.807) is 9.80 Å². The lowest BCUT2D eigenvalue weighted by Crippen LogP contribution is -2.42. The molecule has 0 spiro atoms. The fourth-order valence-electron chi connectivity index (χ4n) is 7.94. The Bertz CT molecular complexity index is 1210. The molecule has 14 nitrogen and oxygen atoms in total. The molecule has 6 aliphatic rings. The monoisotopic (exact) mass is 823 g/mol. The zero-order valence-corrected chi connectivity index (χ0v) is 36.4. The van der Waals surface area contributed by atoms with Crippen molar-refractivity contribution in [3.05, 3.63) is 0 Å². The van der Waals surface area contributed by atoms with Crippen molar-refractivity contribution in [2.75, 3.05) is 78.5 Å². The molecule has 0 atom stereocenters. The number of nitrogens with one attached hydrogen (secondary N) is 2. The van der Waals surface area contributed by atoms with Crippen LogP contribution in [0.25, 0.3) is 0 Å². The van der Waals surface area contributed by atoms with Gasteiger partial charge in [0, 0.05) is 71.6 Å². The highest BCUT2D eigenvalue weighted by molar-refractivity contribution is 5.77. The van der Waals surface area contributed by atoms with Crippen LogP contribution in [-0.4, -0.2) is 144 Å². The molecule has 58 heavy (non-hydrogen) atoms. The molecule has 0 unspecified atom stereocenters. The highest BCUT2D eigenvalue weighted by atomic mass is 16.6. The number of hydrogen-bond donors (Lipinski definition) is 3. The second-order valence-corrected chi connectivity index (χ2v) is 18.7. The molecule has 0 aromatic heterocycles. The Labute approximate surface area is 350 Å². The largest absolute Gasteiger partial charge is 0.481 e.